The fraction of sp³-hybridized carbons (Fsp3) is 0.828. The molecule has 0 amide bonds. The second kappa shape index (κ2) is 25.9. The van der Waals surface area contributed by atoms with Gasteiger partial charge in [-0.1, -0.05) is 90.2 Å². The summed E-state index contributed by atoms with van der Waals surface area (Å²) < 4.78 is 32.2. The molecule has 4 N–H and O–H groups in total. The molecule has 0 radical (unpaired) electrons. The molecule has 0 heterocycles. The zero-order valence-corrected chi connectivity index (χ0v) is 26.0. The van der Waals surface area contributed by atoms with E-state index in [4.69, 9.17) is 24.8 Å². The Labute approximate surface area is 246 Å². The summed E-state index contributed by atoms with van der Waals surface area (Å²) in [7, 11) is -4.69. The molecule has 0 spiro atoms. The lowest BCUT2D eigenvalue weighted by atomic mass is 10.1. The summed E-state index contributed by atoms with van der Waals surface area (Å²) in [5.41, 5.74) is 5.27. The van der Waals surface area contributed by atoms with Crippen LogP contribution in [-0.2, 0) is 37.5 Å². The van der Waals surface area contributed by atoms with E-state index in [0.29, 0.717) is 12.8 Å². The summed E-state index contributed by atoms with van der Waals surface area (Å²) in [6.45, 7) is 2.62. The van der Waals surface area contributed by atoms with Gasteiger partial charge in [0.2, 0.25) is 0 Å². The van der Waals surface area contributed by atoms with Gasteiger partial charge in [0.15, 0.2) is 6.10 Å². The van der Waals surface area contributed by atoms with Crippen LogP contribution in [0.5, 0.6) is 0 Å². The first-order chi connectivity index (χ1) is 19.6. The van der Waals surface area contributed by atoms with Crippen LogP contribution in [0.1, 0.15) is 123 Å². The van der Waals surface area contributed by atoms with Crippen LogP contribution in [0.15, 0.2) is 12.2 Å². The number of rotatable bonds is 28. The highest BCUT2D eigenvalue weighted by Crippen LogP contribution is 2.43. The first-order valence-electron chi connectivity index (χ1n) is 15.2. The molecular weight excluding hydrogens is 553 g/mol. The quantitative estimate of drug-likeness (QED) is 0.0399. The average molecular weight is 608 g/mol. The molecule has 0 aromatic rings. The van der Waals surface area contributed by atoms with E-state index in [2.05, 4.69) is 30.5 Å². The van der Waals surface area contributed by atoms with Gasteiger partial charge in [0.25, 0.3) is 0 Å². The fourth-order valence-corrected chi connectivity index (χ4v) is 4.55. The summed E-state index contributed by atoms with van der Waals surface area (Å²) in [4.78, 5) is 45.2. The van der Waals surface area contributed by atoms with Gasteiger partial charge in [-0.3, -0.25) is 23.4 Å². The molecule has 0 aliphatic carbocycles. The van der Waals surface area contributed by atoms with Gasteiger partial charge in [-0.05, 0) is 32.1 Å². The molecule has 0 bridgehead atoms. The fourth-order valence-electron chi connectivity index (χ4n) is 3.77. The summed E-state index contributed by atoms with van der Waals surface area (Å²) in [5, 5.41) is 8.79. The van der Waals surface area contributed by atoms with Gasteiger partial charge in [0.1, 0.15) is 12.6 Å². The number of nitrogens with two attached hydrogens (primary N) is 1. The molecule has 3 unspecified atom stereocenters. The molecule has 0 aliphatic rings. The predicted molar refractivity (Wildman–Crippen MR) is 157 cm³/mol. The van der Waals surface area contributed by atoms with Crippen molar-refractivity contribution in [3.8, 4) is 0 Å². The van der Waals surface area contributed by atoms with E-state index in [1.165, 1.54) is 19.3 Å². The van der Waals surface area contributed by atoms with E-state index in [0.717, 1.165) is 64.2 Å². The van der Waals surface area contributed by atoms with Crippen molar-refractivity contribution in [2.45, 2.75) is 135 Å². The molecule has 0 rings (SSSR count). The van der Waals surface area contributed by atoms with E-state index < -0.39 is 51.1 Å². The molecule has 0 saturated carbocycles. The molecule has 0 aromatic carbocycles. The van der Waals surface area contributed by atoms with Gasteiger partial charge in [-0.2, -0.15) is 0 Å². The zero-order chi connectivity index (χ0) is 30.8. The third kappa shape index (κ3) is 25.6. The molecule has 240 valence electrons. The maximum absolute atomic E-state index is 12.4. The first-order valence-corrected chi connectivity index (χ1v) is 16.7. The smallest absolute Gasteiger partial charge is 0.472 e. The van der Waals surface area contributed by atoms with Crippen molar-refractivity contribution in [2.24, 2.45) is 5.73 Å². The number of unbranched alkanes of at least 4 members (excludes halogenated alkanes) is 12. The number of carboxylic acid groups (broad SMARTS) is 1. The van der Waals surface area contributed by atoms with Crippen LogP contribution in [0.4, 0.5) is 0 Å². The Morgan fingerprint density at radius 2 is 1.27 bits per heavy atom. The second-order valence-corrected chi connectivity index (χ2v) is 11.7. The normalized spacial score (nSPS) is 14.4. The van der Waals surface area contributed by atoms with Gasteiger partial charge >= 0.3 is 25.7 Å². The van der Waals surface area contributed by atoms with Gasteiger partial charge in [0.05, 0.1) is 13.2 Å². The Kier molecular flexibility index (Phi) is 24.8. The summed E-state index contributed by atoms with van der Waals surface area (Å²) in [6, 6.07) is -1.52. The highest BCUT2D eigenvalue weighted by atomic mass is 31.2. The van der Waals surface area contributed by atoms with Crippen LogP contribution < -0.4 is 5.73 Å². The van der Waals surface area contributed by atoms with Crippen LogP contribution in [0.2, 0.25) is 0 Å². The van der Waals surface area contributed by atoms with Crippen LogP contribution in [0.3, 0.4) is 0 Å². The number of carbonyl (C=O) groups is 3. The number of hydrogen-bond acceptors (Lipinski definition) is 9. The molecule has 0 saturated heterocycles. The molecule has 3 atom stereocenters. The number of allylic oxidation sites excluding steroid dienone is 2. The largest absolute Gasteiger partial charge is 0.480 e. The van der Waals surface area contributed by atoms with Crippen molar-refractivity contribution in [1.82, 2.24) is 0 Å². The minimum absolute atomic E-state index is 0.152. The van der Waals surface area contributed by atoms with E-state index in [9.17, 15) is 23.8 Å². The number of esters is 2. The monoisotopic (exact) mass is 607 g/mol. The summed E-state index contributed by atoms with van der Waals surface area (Å²) >= 11 is 0. The van der Waals surface area contributed by atoms with E-state index in [1.54, 1.807) is 0 Å². The number of aliphatic carboxylic acids is 1. The van der Waals surface area contributed by atoms with Gasteiger partial charge in [0, 0.05) is 12.8 Å². The zero-order valence-electron chi connectivity index (χ0n) is 25.1. The number of phosphoric ester groups is 1. The number of phosphoric acid groups is 1. The van der Waals surface area contributed by atoms with E-state index in [1.807, 2.05) is 0 Å². The van der Waals surface area contributed by atoms with Crippen LogP contribution in [0, 0.1) is 0 Å². The van der Waals surface area contributed by atoms with Crippen molar-refractivity contribution in [2.75, 3.05) is 19.8 Å². The standard InChI is InChI=1S/C29H54NO10P/c1-3-5-7-9-11-12-13-15-17-19-21-28(32)40-25(23-38-41(35,36)39-24-26(30)29(33)34)22-37-27(31)20-18-16-14-10-8-6-4-2/h7,9,25-26H,3-6,8,10-24,30H2,1-2H3,(H,33,34)(H,35,36)/b9-7-. The molecule has 0 fully saturated rings. The Morgan fingerprint density at radius 3 is 1.88 bits per heavy atom. The average Bonchev–Trinajstić information content (AvgIpc) is 2.93. The van der Waals surface area contributed by atoms with Gasteiger partial charge in [-0.25, -0.2) is 4.57 Å². The van der Waals surface area contributed by atoms with Crippen molar-refractivity contribution in [3.05, 3.63) is 12.2 Å². The van der Waals surface area contributed by atoms with Crippen LogP contribution >= 0.6 is 7.82 Å². The van der Waals surface area contributed by atoms with Gasteiger partial charge < -0.3 is 25.2 Å². The molecule has 11 nitrogen and oxygen atoms in total. The molecule has 0 aromatic heterocycles. The Balaban J connectivity index is 4.58. The second-order valence-electron chi connectivity index (χ2n) is 10.2. The number of carboxylic acids is 1. The molecule has 12 heteroatoms. The molecular formula is C29H54NO10P. The Bertz CT molecular complexity index is 777. The lowest BCUT2D eigenvalue weighted by Gasteiger charge is -2.20. The SMILES string of the molecule is CCC/C=C\CCCCCCCC(=O)OC(COC(=O)CCCCCCCCC)COP(=O)(O)OCC(N)C(=O)O. The topological polar surface area (TPSA) is 172 Å². The first kappa shape index (κ1) is 39.2. The third-order valence-electron chi connectivity index (χ3n) is 6.24. The Morgan fingerprint density at radius 1 is 0.732 bits per heavy atom. The van der Waals surface area contributed by atoms with Crippen molar-refractivity contribution < 1.29 is 47.5 Å². The maximum Gasteiger partial charge on any atom is 0.472 e. The minimum atomic E-state index is -4.69. The highest BCUT2D eigenvalue weighted by Gasteiger charge is 2.28. The lowest BCUT2D eigenvalue weighted by molar-refractivity contribution is -0.161. The number of hydrogen-bond donors (Lipinski definition) is 3. The van der Waals surface area contributed by atoms with E-state index in [-0.39, 0.29) is 19.4 Å². The lowest BCUT2D eigenvalue weighted by Crippen LogP contribution is -2.34. The third-order valence-corrected chi connectivity index (χ3v) is 7.20. The number of ether oxygens (including phenoxy) is 2. The van der Waals surface area contributed by atoms with Crippen LogP contribution in [0.25, 0.3) is 0 Å². The minimum Gasteiger partial charge on any atom is -0.480 e. The Hall–Kier alpha value is -1.78. The molecule has 0 aliphatic heterocycles. The van der Waals surface area contributed by atoms with Crippen molar-refractivity contribution in [3.63, 3.8) is 0 Å². The van der Waals surface area contributed by atoms with Gasteiger partial charge in [-0.15, -0.1) is 0 Å². The van der Waals surface area contributed by atoms with Crippen molar-refractivity contribution >= 4 is 25.7 Å². The van der Waals surface area contributed by atoms with Crippen molar-refractivity contribution in [1.29, 1.82) is 0 Å². The predicted octanol–water partition coefficient (Wildman–Crippen LogP) is 6.21. The maximum atomic E-state index is 12.4. The van der Waals surface area contributed by atoms with Crippen LogP contribution in [-0.4, -0.2) is 59.9 Å². The highest BCUT2D eigenvalue weighted by molar-refractivity contribution is 7.47. The van der Waals surface area contributed by atoms with E-state index >= 15 is 0 Å². The summed E-state index contributed by atoms with van der Waals surface area (Å²) in [5.74, 6) is -2.40. The summed E-state index contributed by atoms with van der Waals surface area (Å²) in [6.07, 6.45) is 19.0. The molecule has 41 heavy (non-hydrogen) atoms. The number of carbonyl (C=O) groups excluding carboxylic acids is 2.